The molecule has 1 heterocycles. The fourth-order valence-electron chi connectivity index (χ4n) is 2.42. The highest BCUT2D eigenvalue weighted by molar-refractivity contribution is 5.99. The van der Waals surface area contributed by atoms with Crippen molar-refractivity contribution in [1.82, 2.24) is 5.32 Å². The van der Waals surface area contributed by atoms with Crippen molar-refractivity contribution in [3.8, 4) is 11.5 Å². The quantitative estimate of drug-likeness (QED) is 0.442. The van der Waals surface area contributed by atoms with Gasteiger partial charge in [0, 0.05) is 25.8 Å². The number of rotatable bonds is 8. The van der Waals surface area contributed by atoms with Crippen LogP contribution in [0.3, 0.4) is 0 Å². The smallest absolute Gasteiger partial charge is 0.286 e. The van der Waals surface area contributed by atoms with Gasteiger partial charge in [0.25, 0.3) is 11.6 Å². The number of carbonyl (C=O) groups excluding carboxylic acids is 1. The van der Waals surface area contributed by atoms with Gasteiger partial charge in [0.1, 0.15) is 18.8 Å². The van der Waals surface area contributed by atoms with Crippen LogP contribution in [0.1, 0.15) is 29.6 Å². The van der Waals surface area contributed by atoms with Crippen molar-refractivity contribution in [3.63, 3.8) is 0 Å². The van der Waals surface area contributed by atoms with Crippen LogP contribution in [0.5, 0.6) is 11.5 Å². The number of hydrogen-bond donors (Lipinski definition) is 1. The highest BCUT2D eigenvalue weighted by Gasteiger charge is 2.26. The summed E-state index contributed by atoms with van der Waals surface area (Å²) < 4.78 is 16.2. The van der Waals surface area contributed by atoms with Crippen molar-refractivity contribution < 1.29 is 23.9 Å². The first-order valence-corrected chi connectivity index (χ1v) is 8.09. The zero-order valence-corrected chi connectivity index (χ0v) is 13.3. The van der Waals surface area contributed by atoms with Gasteiger partial charge in [-0.2, -0.15) is 0 Å². The molecule has 1 saturated carbocycles. The Labute approximate surface area is 139 Å². The molecule has 1 aliphatic heterocycles. The zero-order valence-electron chi connectivity index (χ0n) is 13.3. The normalized spacial score (nSPS) is 15.8. The SMILES string of the molecule is O=C(NCCCOCC1CC1)c1cc2c(cc1[N+](=O)[O-])OCCO2. The minimum atomic E-state index is -0.591. The van der Waals surface area contributed by atoms with Crippen molar-refractivity contribution in [2.45, 2.75) is 19.3 Å². The molecular weight excluding hydrogens is 316 g/mol. The summed E-state index contributed by atoms with van der Waals surface area (Å²) in [5, 5.41) is 13.9. The van der Waals surface area contributed by atoms with Crippen LogP contribution in [0.2, 0.25) is 0 Å². The maximum atomic E-state index is 12.3. The van der Waals surface area contributed by atoms with E-state index < -0.39 is 10.8 Å². The first-order valence-electron chi connectivity index (χ1n) is 8.09. The second kappa shape index (κ2) is 7.48. The van der Waals surface area contributed by atoms with Crippen LogP contribution in [-0.2, 0) is 4.74 Å². The molecule has 0 unspecified atom stereocenters. The van der Waals surface area contributed by atoms with Crippen LogP contribution in [-0.4, -0.2) is 43.8 Å². The van der Waals surface area contributed by atoms with E-state index in [1.165, 1.54) is 25.0 Å². The van der Waals surface area contributed by atoms with E-state index in [9.17, 15) is 14.9 Å². The van der Waals surface area contributed by atoms with E-state index in [-0.39, 0.29) is 17.0 Å². The lowest BCUT2D eigenvalue weighted by molar-refractivity contribution is -0.385. The lowest BCUT2D eigenvalue weighted by atomic mass is 10.1. The summed E-state index contributed by atoms with van der Waals surface area (Å²) in [4.78, 5) is 22.9. The second-order valence-corrected chi connectivity index (χ2v) is 5.90. The largest absolute Gasteiger partial charge is 0.486 e. The average Bonchev–Trinajstić information content (AvgIpc) is 3.40. The van der Waals surface area contributed by atoms with E-state index in [0.717, 1.165) is 6.61 Å². The van der Waals surface area contributed by atoms with E-state index in [2.05, 4.69) is 5.32 Å². The van der Waals surface area contributed by atoms with Gasteiger partial charge in [-0.05, 0) is 25.2 Å². The molecule has 24 heavy (non-hydrogen) atoms. The van der Waals surface area contributed by atoms with E-state index in [1.807, 2.05) is 0 Å². The molecule has 1 fully saturated rings. The lowest BCUT2D eigenvalue weighted by Crippen LogP contribution is -2.26. The second-order valence-electron chi connectivity index (χ2n) is 5.90. The Kier molecular flexibility index (Phi) is 5.14. The Hall–Kier alpha value is -2.35. The monoisotopic (exact) mass is 336 g/mol. The fraction of sp³-hybridized carbons (Fsp3) is 0.562. The minimum absolute atomic E-state index is 0.0249. The van der Waals surface area contributed by atoms with E-state index >= 15 is 0 Å². The highest BCUT2D eigenvalue weighted by Crippen LogP contribution is 2.36. The molecule has 8 heteroatoms. The van der Waals surface area contributed by atoms with E-state index in [0.29, 0.717) is 44.5 Å². The third-order valence-electron chi connectivity index (χ3n) is 3.90. The van der Waals surface area contributed by atoms with Crippen molar-refractivity contribution >= 4 is 11.6 Å². The Morgan fingerprint density at radius 1 is 1.29 bits per heavy atom. The van der Waals surface area contributed by atoms with Gasteiger partial charge < -0.3 is 19.5 Å². The number of nitro groups is 1. The van der Waals surface area contributed by atoms with Gasteiger partial charge in [0.05, 0.1) is 11.0 Å². The Balaban J connectivity index is 1.57. The summed E-state index contributed by atoms with van der Waals surface area (Å²) in [5.41, 5.74) is -0.315. The number of benzene rings is 1. The standard InChI is InChI=1S/C16H20N2O6/c19-16(17-4-1-5-22-10-11-2-3-11)12-8-14-15(24-7-6-23-14)9-13(12)18(20)21/h8-9,11H,1-7,10H2,(H,17,19). The number of hydrogen-bond acceptors (Lipinski definition) is 6. The predicted octanol–water partition coefficient (Wildman–Crippen LogP) is 1.91. The first-order chi connectivity index (χ1) is 11.6. The Morgan fingerprint density at radius 2 is 2.00 bits per heavy atom. The molecule has 1 aromatic rings. The number of nitrogens with one attached hydrogen (secondary N) is 1. The number of ether oxygens (including phenoxy) is 3. The van der Waals surface area contributed by atoms with Gasteiger partial charge in [-0.25, -0.2) is 0 Å². The molecule has 0 atom stereocenters. The summed E-state index contributed by atoms with van der Waals surface area (Å²) in [6.45, 7) is 2.43. The van der Waals surface area contributed by atoms with Crippen LogP contribution in [0.15, 0.2) is 12.1 Å². The van der Waals surface area contributed by atoms with E-state index in [1.54, 1.807) is 0 Å². The van der Waals surface area contributed by atoms with Crippen LogP contribution < -0.4 is 14.8 Å². The topological polar surface area (TPSA) is 99.9 Å². The Bertz CT molecular complexity index is 629. The van der Waals surface area contributed by atoms with Crippen molar-refractivity contribution in [2.24, 2.45) is 5.92 Å². The van der Waals surface area contributed by atoms with Crippen molar-refractivity contribution in [2.75, 3.05) is 33.0 Å². The molecule has 3 rings (SSSR count). The number of carbonyl (C=O) groups is 1. The molecule has 130 valence electrons. The number of nitro benzene ring substituents is 1. The minimum Gasteiger partial charge on any atom is -0.486 e. The van der Waals surface area contributed by atoms with Crippen LogP contribution in [0.4, 0.5) is 5.69 Å². The van der Waals surface area contributed by atoms with Gasteiger partial charge >= 0.3 is 0 Å². The fourth-order valence-corrected chi connectivity index (χ4v) is 2.42. The maximum Gasteiger partial charge on any atom is 0.286 e. The molecule has 0 radical (unpaired) electrons. The van der Waals surface area contributed by atoms with Crippen molar-refractivity contribution in [3.05, 3.63) is 27.8 Å². The summed E-state index contributed by atoms with van der Waals surface area (Å²) in [6, 6.07) is 2.60. The molecule has 0 spiro atoms. The zero-order chi connectivity index (χ0) is 16.9. The summed E-state index contributed by atoms with van der Waals surface area (Å²) in [6.07, 6.45) is 3.14. The van der Waals surface area contributed by atoms with Crippen LogP contribution in [0.25, 0.3) is 0 Å². The lowest BCUT2D eigenvalue weighted by Gasteiger charge is -2.18. The highest BCUT2D eigenvalue weighted by atomic mass is 16.6. The molecule has 0 bridgehead atoms. The summed E-state index contributed by atoms with van der Waals surface area (Å²) in [7, 11) is 0. The van der Waals surface area contributed by atoms with Crippen LogP contribution in [0, 0.1) is 16.0 Å². The molecule has 1 amide bonds. The van der Waals surface area contributed by atoms with Gasteiger partial charge in [-0.1, -0.05) is 0 Å². The molecule has 2 aliphatic rings. The first kappa shape index (κ1) is 16.5. The molecular formula is C16H20N2O6. The number of nitrogens with zero attached hydrogens (tertiary/aromatic N) is 1. The van der Waals surface area contributed by atoms with Crippen LogP contribution >= 0.6 is 0 Å². The third-order valence-corrected chi connectivity index (χ3v) is 3.90. The summed E-state index contributed by atoms with van der Waals surface area (Å²) >= 11 is 0. The van der Waals surface area contributed by atoms with Crippen molar-refractivity contribution in [1.29, 1.82) is 0 Å². The average molecular weight is 336 g/mol. The number of fused-ring (bicyclic) bond motifs is 1. The third kappa shape index (κ3) is 4.14. The van der Waals surface area contributed by atoms with Gasteiger partial charge in [0.2, 0.25) is 0 Å². The molecule has 0 saturated heterocycles. The van der Waals surface area contributed by atoms with Gasteiger partial charge in [0.15, 0.2) is 11.5 Å². The number of amides is 1. The summed E-state index contributed by atoms with van der Waals surface area (Å²) in [5.74, 6) is 0.851. The van der Waals surface area contributed by atoms with Gasteiger partial charge in [-0.3, -0.25) is 14.9 Å². The molecule has 1 N–H and O–H groups in total. The molecule has 1 aromatic carbocycles. The van der Waals surface area contributed by atoms with Gasteiger partial charge in [-0.15, -0.1) is 0 Å². The van der Waals surface area contributed by atoms with E-state index in [4.69, 9.17) is 14.2 Å². The molecule has 1 aliphatic carbocycles. The molecule has 8 nitrogen and oxygen atoms in total. The maximum absolute atomic E-state index is 12.3. The molecule has 0 aromatic heterocycles. The Morgan fingerprint density at radius 3 is 2.67 bits per heavy atom. The predicted molar refractivity (Wildman–Crippen MR) is 84.6 cm³/mol.